The van der Waals surface area contributed by atoms with Crippen molar-refractivity contribution >= 4 is 23.4 Å². The smallest absolute Gasteiger partial charge is 0.387 e. The van der Waals surface area contributed by atoms with E-state index in [0.717, 1.165) is 0 Å². The molecule has 0 aromatic heterocycles. The lowest BCUT2D eigenvalue weighted by molar-refractivity contribution is -0.120. The Bertz CT molecular complexity index is 818. The lowest BCUT2D eigenvalue weighted by Gasteiger charge is -2.12. The molecule has 0 aliphatic rings. The van der Waals surface area contributed by atoms with Crippen molar-refractivity contribution in [2.24, 2.45) is 0 Å². The van der Waals surface area contributed by atoms with Crippen LogP contribution in [0.1, 0.15) is 15.9 Å². The molecule has 0 bridgehead atoms. The molecular weight excluding hydrogens is 382 g/mol. The number of halogens is 3. The first-order valence-electron chi connectivity index (χ1n) is 7.82. The van der Waals surface area contributed by atoms with Crippen LogP contribution in [0.2, 0.25) is 5.02 Å². The van der Waals surface area contributed by atoms with E-state index in [0.29, 0.717) is 5.56 Å². The highest BCUT2D eigenvalue weighted by Gasteiger charge is 2.13. The molecule has 0 heterocycles. The fraction of sp³-hybridized carbons (Fsp3) is 0.222. The predicted octanol–water partition coefficient (Wildman–Crippen LogP) is 3.00. The molecule has 9 heteroatoms. The van der Waals surface area contributed by atoms with Crippen molar-refractivity contribution in [3.05, 3.63) is 58.6 Å². The summed E-state index contributed by atoms with van der Waals surface area (Å²) in [6.07, 6.45) is 0. The van der Waals surface area contributed by atoms with Gasteiger partial charge in [-0.1, -0.05) is 29.8 Å². The molecule has 0 aliphatic heterocycles. The van der Waals surface area contributed by atoms with E-state index in [2.05, 4.69) is 15.4 Å². The maximum atomic E-state index is 12.3. The molecule has 2 rings (SSSR count). The van der Waals surface area contributed by atoms with Gasteiger partial charge in [-0.15, -0.1) is 0 Å². The second-order valence-electron chi connectivity index (χ2n) is 5.30. The number of nitrogens with one attached hydrogen (secondary N) is 2. The third-order valence-electron chi connectivity index (χ3n) is 3.46. The van der Waals surface area contributed by atoms with Gasteiger partial charge in [-0.2, -0.15) is 8.78 Å². The standard InChI is InChI=1S/C18H17ClF2N2O4/c1-26-15-8-11(6-7-14(15)27-18(20)21)9-22-16(24)10-23-17(25)12-4-2-3-5-13(12)19/h2-8,18H,9-10H2,1H3,(H,22,24)(H,23,25). The molecule has 144 valence electrons. The number of carbonyl (C=O) groups excluding carboxylic acids is 2. The fourth-order valence-electron chi connectivity index (χ4n) is 2.18. The molecule has 0 radical (unpaired) electrons. The molecule has 2 aromatic carbocycles. The van der Waals surface area contributed by atoms with Crippen LogP contribution in [0.5, 0.6) is 11.5 Å². The van der Waals surface area contributed by atoms with Gasteiger partial charge in [0.1, 0.15) is 0 Å². The summed E-state index contributed by atoms with van der Waals surface area (Å²) < 4.78 is 33.9. The van der Waals surface area contributed by atoms with Gasteiger partial charge in [-0.3, -0.25) is 9.59 Å². The van der Waals surface area contributed by atoms with E-state index in [1.54, 1.807) is 24.3 Å². The van der Waals surface area contributed by atoms with E-state index in [1.807, 2.05) is 0 Å². The van der Waals surface area contributed by atoms with Crippen LogP contribution in [-0.4, -0.2) is 32.1 Å². The molecule has 0 atom stereocenters. The average molecular weight is 399 g/mol. The van der Waals surface area contributed by atoms with E-state index in [1.165, 1.54) is 25.3 Å². The first-order valence-corrected chi connectivity index (χ1v) is 8.19. The number of benzene rings is 2. The molecule has 27 heavy (non-hydrogen) atoms. The third kappa shape index (κ3) is 6.10. The Morgan fingerprint density at radius 3 is 2.52 bits per heavy atom. The Morgan fingerprint density at radius 2 is 1.85 bits per heavy atom. The van der Waals surface area contributed by atoms with Gasteiger partial charge in [-0.05, 0) is 29.8 Å². The monoisotopic (exact) mass is 398 g/mol. The Morgan fingerprint density at radius 1 is 1.11 bits per heavy atom. The van der Waals surface area contributed by atoms with Crippen molar-refractivity contribution in [3.63, 3.8) is 0 Å². The Balaban J connectivity index is 1.86. The first kappa shape index (κ1) is 20.4. The molecule has 2 aromatic rings. The molecule has 0 unspecified atom stereocenters. The highest BCUT2D eigenvalue weighted by Crippen LogP contribution is 2.29. The van der Waals surface area contributed by atoms with Crippen LogP contribution in [0, 0.1) is 0 Å². The van der Waals surface area contributed by atoms with Crippen molar-refractivity contribution in [1.82, 2.24) is 10.6 Å². The van der Waals surface area contributed by atoms with Crippen LogP contribution < -0.4 is 20.1 Å². The second kappa shape index (κ2) is 9.72. The van der Waals surface area contributed by atoms with Gasteiger partial charge in [0.15, 0.2) is 11.5 Å². The zero-order chi connectivity index (χ0) is 19.8. The van der Waals surface area contributed by atoms with Crippen LogP contribution in [0.4, 0.5) is 8.78 Å². The normalized spacial score (nSPS) is 10.4. The summed E-state index contributed by atoms with van der Waals surface area (Å²) in [4.78, 5) is 23.9. The maximum absolute atomic E-state index is 12.3. The van der Waals surface area contributed by atoms with Crippen LogP contribution in [0.3, 0.4) is 0 Å². The minimum absolute atomic E-state index is 0.102. The highest BCUT2D eigenvalue weighted by atomic mass is 35.5. The summed E-state index contributed by atoms with van der Waals surface area (Å²) in [6.45, 7) is -3.09. The van der Waals surface area contributed by atoms with Crippen molar-refractivity contribution in [2.75, 3.05) is 13.7 Å². The Hall–Kier alpha value is -2.87. The van der Waals surface area contributed by atoms with Gasteiger partial charge < -0.3 is 20.1 Å². The largest absolute Gasteiger partial charge is 0.493 e. The molecule has 0 spiro atoms. The molecule has 6 nitrogen and oxygen atoms in total. The zero-order valence-electron chi connectivity index (χ0n) is 14.3. The van der Waals surface area contributed by atoms with Crippen LogP contribution in [0.15, 0.2) is 42.5 Å². The molecule has 0 saturated heterocycles. The van der Waals surface area contributed by atoms with E-state index in [9.17, 15) is 18.4 Å². The van der Waals surface area contributed by atoms with Gasteiger partial charge in [0, 0.05) is 6.54 Å². The van der Waals surface area contributed by atoms with Crippen LogP contribution >= 0.6 is 11.6 Å². The van der Waals surface area contributed by atoms with Crippen molar-refractivity contribution in [1.29, 1.82) is 0 Å². The topological polar surface area (TPSA) is 76.7 Å². The molecule has 2 amide bonds. The maximum Gasteiger partial charge on any atom is 0.387 e. The van der Waals surface area contributed by atoms with Gasteiger partial charge in [0.25, 0.3) is 5.91 Å². The number of methoxy groups -OCH3 is 1. The van der Waals surface area contributed by atoms with Crippen LogP contribution in [0.25, 0.3) is 0 Å². The van der Waals surface area contributed by atoms with Crippen molar-refractivity contribution in [2.45, 2.75) is 13.2 Å². The lowest BCUT2D eigenvalue weighted by Crippen LogP contribution is -2.36. The summed E-state index contributed by atoms with van der Waals surface area (Å²) in [6, 6.07) is 10.8. The number of hydrogen-bond acceptors (Lipinski definition) is 4. The van der Waals surface area contributed by atoms with E-state index in [4.69, 9.17) is 16.3 Å². The minimum Gasteiger partial charge on any atom is -0.493 e. The quantitative estimate of drug-likeness (QED) is 0.716. The van der Waals surface area contributed by atoms with Gasteiger partial charge in [0.05, 0.1) is 24.2 Å². The summed E-state index contributed by atoms with van der Waals surface area (Å²) >= 11 is 5.92. The summed E-state index contributed by atoms with van der Waals surface area (Å²) in [5, 5.41) is 5.35. The number of amides is 2. The third-order valence-corrected chi connectivity index (χ3v) is 3.79. The van der Waals surface area contributed by atoms with Crippen LogP contribution in [-0.2, 0) is 11.3 Å². The first-order chi connectivity index (χ1) is 12.9. The highest BCUT2D eigenvalue weighted by molar-refractivity contribution is 6.33. The summed E-state index contributed by atoms with van der Waals surface area (Å²) in [5.74, 6) is -0.878. The number of ether oxygens (including phenoxy) is 2. The van der Waals surface area contributed by atoms with E-state index in [-0.39, 0.29) is 35.2 Å². The van der Waals surface area contributed by atoms with Gasteiger partial charge in [-0.25, -0.2) is 0 Å². The fourth-order valence-corrected chi connectivity index (χ4v) is 2.40. The second-order valence-corrected chi connectivity index (χ2v) is 5.71. The number of carbonyl (C=O) groups is 2. The molecule has 0 fully saturated rings. The Kier molecular flexibility index (Phi) is 7.36. The molecule has 0 aliphatic carbocycles. The number of rotatable bonds is 8. The Labute approximate surface area is 159 Å². The molecule has 2 N–H and O–H groups in total. The van der Waals surface area contributed by atoms with E-state index < -0.39 is 18.4 Å². The predicted molar refractivity (Wildman–Crippen MR) is 95.3 cm³/mol. The summed E-state index contributed by atoms with van der Waals surface area (Å²) in [7, 11) is 1.32. The van der Waals surface area contributed by atoms with Crippen molar-refractivity contribution < 1.29 is 27.8 Å². The van der Waals surface area contributed by atoms with Crippen molar-refractivity contribution in [3.8, 4) is 11.5 Å². The van der Waals surface area contributed by atoms with E-state index >= 15 is 0 Å². The number of hydrogen-bond donors (Lipinski definition) is 2. The van der Waals surface area contributed by atoms with Gasteiger partial charge in [0.2, 0.25) is 5.91 Å². The van der Waals surface area contributed by atoms with Gasteiger partial charge >= 0.3 is 6.61 Å². The SMILES string of the molecule is COc1cc(CNC(=O)CNC(=O)c2ccccc2Cl)ccc1OC(F)F. The lowest BCUT2D eigenvalue weighted by atomic mass is 10.2. The number of alkyl halides is 2. The summed E-state index contributed by atoms with van der Waals surface area (Å²) in [5.41, 5.74) is 0.880. The average Bonchev–Trinajstić information content (AvgIpc) is 2.65. The minimum atomic E-state index is -2.97. The molecule has 0 saturated carbocycles. The zero-order valence-corrected chi connectivity index (χ0v) is 15.1. The molecular formula is C18H17ClF2N2O4.